The van der Waals surface area contributed by atoms with Crippen LogP contribution in [0.1, 0.15) is 5.56 Å². The van der Waals surface area contributed by atoms with Crippen molar-refractivity contribution in [2.45, 2.75) is 34.3 Å². The molecule has 0 radical (unpaired) electrons. The fourth-order valence-electron chi connectivity index (χ4n) is 1.60. The molecule has 0 amide bonds. The molecule has 19 heteroatoms. The molecule has 5 nitrogen and oxygen atoms in total. The first-order valence-electron chi connectivity index (χ1n) is 6.57. The number of sulfonamides is 2. The zero-order chi connectivity index (χ0) is 24.2. The first kappa shape index (κ1) is 26.3. The molecule has 0 unspecified atom stereocenters. The smallest absolute Gasteiger partial charge is 0.206 e. The van der Waals surface area contributed by atoms with Crippen molar-refractivity contribution >= 4 is 20.0 Å². The van der Waals surface area contributed by atoms with Gasteiger partial charge >= 0.3 is 29.5 Å². The minimum atomic E-state index is -7.69. The SMILES string of the molecule is O=S(=O)(NS(=O)(=O)C(F)(F)C(F)(F)C(F)(F)C(F)(F)F)c1ccc(C(F)(F)F)cc1. The highest BCUT2D eigenvalue weighted by molar-refractivity contribution is 8.05. The Morgan fingerprint density at radius 2 is 1.03 bits per heavy atom. The van der Waals surface area contributed by atoms with Gasteiger partial charge in [0.25, 0.3) is 20.0 Å². The van der Waals surface area contributed by atoms with Crippen LogP contribution in [0.2, 0.25) is 0 Å². The summed E-state index contributed by atoms with van der Waals surface area (Å²) in [5.41, 5.74) is -1.52. The van der Waals surface area contributed by atoms with Crippen LogP contribution in [-0.2, 0) is 26.2 Å². The molecule has 0 fully saturated rings. The molecular formula is C11H5F12NO4S2. The number of hydrogen-bond donors (Lipinski definition) is 1. The molecule has 1 aromatic rings. The lowest BCUT2D eigenvalue weighted by Gasteiger charge is -2.32. The molecule has 174 valence electrons. The van der Waals surface area contributed by atoms with E-state index in [1.165, 1.54) is 0 Å². The summed E-state index contributed by atoms with van der Waals surface area (Å²) in [4.78, 5) is -1.55. The van der Waals surface area contributed by atoms with Crippen LogP contribution in [0, 0.1) is 0 Å². The number of benzene rings is 1. The summed E-state index contributed by atoms with van der Waals surface area (Å²) in [5, 5.41) is -7.35. The lowest BCUT2D eigenvalue weighted by Crippen LogP contribution is -2.65. The van der Waals surface area contributed by atoms with Gasteiger partial charge in [-0.25, -0.2) is 16.8 Å². The van der Waals surface area contributed by atoms with Gasteiger partial charge in [0.15, 0.2) is 0 Å². The molecule has 0 aliphatic heterocycles. The topological polar surface area (TPSA) is 80.3 Å². The summed E-state index contributed by atoms with van der Waals surface area (Å²) >= 11 is 0. The highest BCUT2D eigenvalue weighted by Crippen LogP contribution is 2.54. The van der Waals surface area contributed by atoms with Gasteiger partial charge in [0, 0.05) is 0 Å². The largest absolute Gasteiger partial charge is 0.460 e. The van der Waals surface area contributed by atoms with Crippen LogP contribution >= 0.6 is 0 Å². The second-order valence-corrected chi connectivity index (χ2v) is 8.94. The first-order chi connectivity index (χ1) is 12.9. The third kappa shape index (κ3) is 4.32. The average molecular weight is 507 g/mol. The third-order valence-corrected chi connectivity index (χ3v) is 6.74. The van der Waals surface area contributed by atoms with E-state index in [9.17, 15) is 69.5 Å². The van der Waals surface area contributed by atoms with E-state index in [0.29, 0.717) is 0 Å². The number of hydrogen-bond acceptors (Lipinski definition) is 4. The van der Waals surface area contributed by atoms with Gasteiger partial charge < -0.3 is 0 Å². The van der Waals surface area contributed by atoms with E-state index < -0.39 is 60.0 Å². The van der Waals surface area contributed by atoms with Crippen LogP contribution in [0.25, 0.3) is 0 Å². The minimum Gasteiger partial charge on any atom is -0.206 e. The molecule has 0 spiro atoms. The number of alkyl halides is 12. The first-order valence-corrected chi connectivity index (χ1v) is 9.54. The Morgan fingerprint density at radius 1 is 0.633 bits per heavy atom. The monoisotopic (exact) mass is 507 g/mol. The van der Waals surface area contributed by atoms with Gasteiger partial charge in [-0.2, -0.15) is 52.7 Å². The summed E-state index contributed by atoms with van der Waals surface area (Å²) in [6, 6.07) is -0.0694. The molecule has 0 aromatic heterocycles. The molecule has 0 aliphatic rings. The lowest BCUT2D eigenvalue weighted by molar-refractivity contribution is -0.382. The second-order valence-electron chi connectivity index (χ2n) is 5.28. The fraction of sp³-hybridized carbons (Fsp3) is 0.455. The molecule has 0 saturated heterocycles. The second kappa shape index (κ2) is 7.14. The van der Waals surface area contributed by atoms with E-state index >= 15 is 0 Å². The van der Waals surface area contributed by atoms with Crippen molar-refractivity contribution in [2.75, 3.05) is 0 Å². The van der Waals surface area contributed by atoms with Crippen LogP contribution in [0.4, 0.5) is 52.7 Å². The number of rotatable bonds is 6. The Bertz CT molecular complexity index is 994. The predicted octanol–water partition coefficient (Wildman–Crippen LogP) is 3.74. The Balaban J connectivity index is 3.41. The maximum atomic E-state index is 13.5. The van der Waals surface area contributed by atoms with Crippen molar-refractivity contribution in [1.29, 1.82) is 0 Å². The highest BCUT2D eigenvalue weighted by atomic mass is 32.3. The molecular weight excluding hydrogens is 502 g/mol. The van der Waals surface area contributed by atoms with Crippen molar-refractivity contribution in [3.05, 3.63) is 29.8 Å². The van der Waals surface area contributed by atoms with Crippen LogP contribution in [0.3, 0.4) is 0 Å². The van der Waals surface area contributed by atoms with Gasteiger partial charge in [-0.05, 0) is 24.3 Å². The summed E-state index contributed by atoms with van der Waals surface area (Å²) in [6.45, 7) is 0. The van der Waals surface area contributed by atoms with Gasteiger partial charge in [-0.3, -0.25) is 0 Å². The third-order valence-electron chi connectivity index (χ3n) is 3.16. The quantitative estimate of drug-likeness (QED) is 0.596. The van der Waals surface area contributed by atoms with E-state index in [-0.39, 0.29) is 28.4 Å². The van der Waals surface area contributed by atoms with E-state index in [1.807, 2.05) is 0 Å². The number of halogens is 12. The summed E-state index contributed by atoms with van der Waals surface area (Å²) < 4.78 is 198. The maximum absolute atomic E-state index is 13.5. The van der Waals surface area contributed by atoms with Gasteiger partial charge in [0.2, 0.25) is 0 Å². The molecule has 0 aliphatic carbocycles. The van der Waals surface area contributed by atoms with Crippen molar-refractivity contribution < 1.29 is 69.5 Å². The maximum Gasteiger partial charge on any atom is 0.460 e. The molecule has 0 saturated carbocycles. The van der Waals surface area contributed by atoms with E-state index in [1.54, 1.807) is 0 Å². The molecule has 0 heterocycles. The fourth-order valence-corrected chi connectivity index (χ4v) is 4.52. The van der Waals surface area contributed by atoms with Crippen molar-refractivity contribution in [2.24, 2.45) is 0 Å². The Kier molecular flexibility index (Phi) is 6.26. The zero-order valence-corrected chi connectivity index (χ0v) is 14.9. The van der Waals surface area contributed by atoms with Crippen LogP contribution in [0.15, 0.2) is 29.2 Å². The molecule has 0 bridgehead atoms. The summed E-state index contributed by atoms with van der Waals surface area (Å²) in [5.74, 6) is -15.3. The van der Waals surface area contributed by atoms with Gasteiger partial charge in [0.05, 0.1) is 10.5 Å². The Labute approximate surface area is 158 Å². The van der Waals surface area contributed by atoms with Crippen molar-refractivity contribution in [3.63, 3.8) is 0 Å². The highest BCUT2D eigenvalue weighted by Gasteiger charge is 2.85. The van der Waals surface area contributed by atoms with Crippen LogP contribution < -0.4 is 4.13 Å². The predicted molar refractivity (Wildman–Crippen MR) is 71.6 cm³/mol. The average Bonchev–Trinajstić information content (AvgIpc) is 2.51. The van der Waals surface area contributed by atoms with E-state index in [0.717, 1.165) is 0 Å². The standard InChI is InChI=1S/C11H5F12NO4S2/c12-7(13,14)5-1-3-6(4-2-5)29(25,26)24-30(27,28)11(22,23)9(17,18)8(15,16)10(19,20)21/h1-4,24H. The van der Waals surface area contributed by atoms with Crippen LogP contribution in [-0.4, -0.2) is 40.1 Å². The Morgan fingerprint density at radius 3 is 1.37 bits per heavy atom. The molecule has 1 aromatic carbocycles. The van der Waals surface area contributed by atoms with Gasteiger partial charge in [0.1, 0.15) is 0 Å². The van der Waals surface area contributed by atoms with Crippen LogP contribution in [0.5, 0.6) is 0 Å². The summed E-state index contributed by atoms with van der Waals surface area (Å²) in [6.07, 6.45) is -12.4. The van der Waals surface area contributed by atoms with E-state index in [4.69, 9.17) is 0 Å². The van der Waals surface area contributed by atoms with Crippen molar-refractivity contribution in [3.8, 4) is 0 Å². The van der Waals surface area contributed by atoms with Gasteiger partial charge in [-0.1, -0.05) is 4.13 Å². The van der Waals surface area contributed by atoms with Gasteiger partial charge in [-0.15, -0.1) is 0 Å². The molecule has 1 N–H and O–H groups in total. The molecule has 30 heavy (non-hydrogen) atoms. The lowest BCUT2D eigenvalue weighted by atomic mass is 10.1. The molecule has 1 rings (SSSR count). The van der Waals surface area contributed by atoms with E-state index in [2.05, 4.69) is 0 Å². The Hall–Kier alpha value is -1.76. The zero-order valence-electron chi connectivity index (χ0n) is 13.3. The normalized spacial score (nSPS) is 15.3. The summed E-state index contributed by atoms with van der Waals surface area (Å²) in [7, 11) is -13.5. The van der Waals surface area contributed by atoms with Crippen molar-refractivity contribution in [1.82, 2.24) is 4.13 Å². The number of nitrogens with one attached hydrogen (secondary N) is 1. The molecule has 0 atom stereocenters. The minimum absolute atomic E-state index is 0.00820.